The molecular formula is C18H17ClN2OS2. The largest absolute Gasteiger partial charge is 0.349 e. The first-order chi connectivity index (χ1) is 11.6. The molecule has 1 aliphatic heterocycles. The van der Waals surface area contributed by atoms with Crippen LogP contribution in [0.1, 0.15) is 24.1 Å². The Morgan fingerprint density at radius 1 is 1.29 bits per heavy atom. The second-order valence-electron chi connectivity index (χ2n) is 5.42. The molecule has 24 heavy (non-hydrogen) atoms. The van der Waals surface area contributed by atoms with Gasteiger partial charge in [0.2, 0.25) is 5.91 Å². The van der Waals surface area contributed by atoms with E-state index < -0.39 is 0 Å². The molecule has 0 bridgehead atoms. The van der Waals surface area contributed by atoms with Crippen LogP contribution in [-0.2, 0) is 10.5 Å². The number of amides is 1. The Labute approximate surface area is 155 Å². The third kappa shape index (κ3) is 4.56. The van der Waals surface area contributed by atoms with Gasteiger partial charge in [0.05, 0.1) is 17.5 Å². The highest BCUT2D eigenvalue weighted by atomic mass is 35.5. The average molecular weight is 377 g/mol. The van der Waals surface area contributed by atoms with Crippen LogP contribution in [-0.4, -0.2) is 16.0 Å². The average Bonchev–Trinajstić information content (AvgIpc) is 2.60. The van der Waals surface area contributed by atoms with Crippen LogP contribution < -0.4 is 5.32 Å². The van der Waals surface area contributed by atoms with Gasteiger partial charge in [0, 0.05) is 10.8 Å². The number of fused-ring (bicyclic) bond motifs is 1. The molecule has 3 rings (SSSR count). The molecule has 124 valence electrons. The first kappa shape index (κ1) is 17.4. The number of thioether (sulfide) groups is 2. The molecule has 6 heteroatoms. The van der Waals surface area contributed by atoms with E-state index in [0.717, 1.165) is 21.4 Å². The predicted octanol–water partition coefficient (Wildman–Crippen LogP) is 5.18. The minimum atomic E-state index is -0.0444. The van der Waals surface area contributed by atoms with E-state index >= 15 is 0 Å². The van der Waals surface area contributed by atoms with E-state index in [2.05, 4.69) is 16.4 Å². The van der Waals surface area contributed by atoms with E-state index in [1.807, 2.05) is 49.4 Å². The van der Waals surface area contributed by atoms with Crippen LogP contribution in [0.5, 0.6) is 0 Å². The van der Waals surface area contributed by atoms with Gasteiger partial charge < -0.3 is 5.32 Å². The van der Waals surface area contributed by atoms with E-state index in [-0.39, 0.29) is 11.9 Å². The van der Waals surface area contributed by atoms with Gasteiger partial charge in [-0.15, -0.1) is 0 Å². The summed E-state index contributed by atoms with van der Waals surface area (Å²) < 4.78 is 0.947. The molecule has 2 aromatic rings. The number of rotatable bonds is 4. The van der Waals surface area contributed by atoms with Gasteiger partial charge >= 0.3 is 0 Å². The van der Waals surface area contributed by atoms with Gasteiger partial charge in [-0.2, -0.15) is 0 Å². The van der Waals surface area contributed by atoms with Gasteiger partial charge in [-0.3, -0.25) is 4.79 Å². The lowest BCUT2D eigenvalue weighted by Gasteiger charge is -2.16. The Balaban J connectivity index is 1.53. The lowest BCUT2D eigenvalue weighted by atomic mass is 10.1. The molecule has 1 aliphatic rings. The molecule has 1 N–H and O–H groups in total. The molecule has 0 saturated heterocycles. The lowest BCUT2D eigenvalue weighted by molar-refractivity contribution is -0.119. The van der Waals surface area contributed by atoms with Crippen molar-refractivity contribution in [1.82, 2.24) is 5.32 Å². The van der Waals surface area contributed by atoms with Crippen molar-refractivity contribution in [2.24, 2.45) is 4.99 Å². The molecule has 0 unspecified atom stereocenters. The Hall–Kier alpha value is -1.43. The van der Waals surface area contributed by atoms with E-state index in [4.69, 9.17) is 11.6 Å². The van der Waals surface area contributed by atoms with Gasteiger partial charge in [0.1, 0.15) is 4.38 Å². The van der Waals surface area contributed by atoms with Gasteiger partial charge in [-0.05, 0) is 36.2 Å². The SMILES string of the molecule is C[C@H](NC(=O)CSC1=Nc2ccccc2CS1)c1ccc(Cl)cc1. The molecule has 0 aromatic heterocycles. The van der Waals surface area contributed by atoms with Crippen LogP contribution in [0.2, 0.25) is 5.02 Å². The number of benzene rings is 2. The number of carbonyl (C=O) groups is 1. The smallest absolute Gasteiger partial charge is 0.230 e. The van der Waals surface area contributed by atoms with Crippen LogP contribution in [0.4, 0.5) is 5.69 Å². The van der Waals surface area contributed by atoms with E-state index in [0.29, 0.717) is 10.8 Å². The standard InChI is InChI=1S/C18H17ClN2OS2/c1-12(13-6-8-15(19)9-7-13)20-17(22)11-24-18-21-16-5-3-2-4-14(16)10-23-18/h2-9,12H,10-11H2,1H3,(H,20,22)/t12-/m0/s1. The van der Waals surface area contributed by atoms with Crippen molar-refractivity contribution < 1.29 is 4.79 Å². The maximum Gasteiger partial charge on any atom is 0.230 e. The topological polar surface area (TPSA) is 41.5 Å². The molecule has 0 fully saturated rings. The lowest BCUT2D eigenvalue weighted by Crippen LogP contribution is -2.28. The third-order valence-corrected chi connectivity index (χ3v) is 6.13. The maximum atomic E-state index is 12.2. The number of nitrogens with one attached hydrogen (secondary N) is 1. The summed E-state index contributed by atoms with van der Waals surface area (Å²) in [6, 6.07) is 15.6. The van der Waals surface area contributed by atoms with E-state index in [1.54, 1.807) is 11.8 Å². The van der Waals surface area contributed by atoms with Crippen molar-refractivity contribution in [3.63, 3.8) is 0 Å². The Bertz CT molecular complexity index is 762. The molecule has 0 spiro atoms. The van der Waals surface area contributed by atoms with Crippen LogP contribution in [0.15, 0.2) is 53.5 Å². The monoisotopic (exact) mass is 376 g/mol. The molecule has 1 amide bonds. The van der Waals surface area contributed by atoms with E-state index in [1.165, 1.54) is 17.3 Å². The normalized spacial score (nSPS) is 14.5. The number of nitrogens with zero attached hydrogens (tertiary/aromatic N) is 1. The first-order valence-electron chi connectivity index (χ1n) is 7.59. The summed E-state index contributed by atoms with van der Waals surface area (Å²) in [7, 11) is 0. The molecule has 2 aromatic carbocycles. The van der Waals surface area contributed by atoms with Crippen molar-refractivity contribution in [2.45, 2.75) is 18.7 Å². The highest BCUT2D eigenvalue weighted by Crippen LogP contribution is 2.34. The summed E-state index contributed by atoms with van der Waals surface area (Å²) in [5.74, 6) is 1.28. The van der Waals surface area contributed by atoms with Crippen molar-refractivity contribution in [1.29, 1.82) is 0 Å². The van der Waals surface area contributed by atoms with Crippen LogP contribution >= 0.6 is 35.1 Å². The second-order valence-corrected chi connectivity index (χ2v) is 8.05. The number of hydrogen-bond donors (Lipinski definition) is 1. The molecule has 3 nitrogen and oxygen atoms in total. The summed E-state index contributed by atoms with van der Waals surface area (Å²) >= 11 is 9.06. The summed E-state index contributed by atoms with van der Waals surface area (Å²) in [6.07, 6.45) is 0. The molecule has 0 aliphatic carbocycles. The van der Waals surface area contributed by atoms with Crippen LogP contribution in [0, 0.1) is 0 Å². The van der Waals surface area contributed by atoms with Crippen molar-refractivity contribution >= 4 is 51.1 Å². The number of aliphatic imine (C=N–C) groups is 1. The molecular weight excluding hydrogens is 360 g/mol. The summed E-state index contributed by atoms with van der Waals surface area (Å²) in [5.41, 5.74) is 3.29. The second kappa shape index (κ2) is 8.10. The van der Waals surface area contributed by atoms with Crippen LogP contribution in [0.3, 0.4) is 0 Å². The number of para-hydroxylation sites is 1. The van der Waals surface area contributed by atoms with Gasteiger partial charge in [-0.1, -0.05) is 65.5 Å². The van der Waals surface area contributed by atoms with Gasteiger partial charge in [0.25, 0.3) is 0 Å². The minimum Gasteiger partial charge on any atom is -0.349 e. The van der Waals surface area contributed by atoms with Crippen LogP contribution in [0.25, 0.3) is 0 Å². The summed E-state index contributed by atoms with van der Waals surface area (Å²) in [4.78, 5) is 16.8. The maximum absolute atomic E-state index is 12.2. The number of carbonyl (C=O) groups excluding carboxylic acids is 1. The first-order valence-corrected chi connectivity index (χ1v) is 9.94. The van der Waals surface area contributed by atoms with Crippen molar-refractivity contribution in [3.05, 3.63) is 64.7 Å². The Morgan fingerprint density at radius 3 is 2.83 bits per heavy atom. The fraction of sp³-hybridized carbons (Fsp3) is 0.222. The zero-order valence-electron chi connectivity index (χ0n) is 13.2. The summed E-state index contributed by atoms with van der Waals surface area (Å²) in [5, 5.41) is 3.70. The van der Waals surface area contributed by atoms with Crippen molar-refractivity contribution in [2.75, 3.05) is 5.75 Å². The Morgan fingerprint density at radius 2 is 2.04 bits per heavy atom. The highest BCUT2D eigenvalue weighted by molar-refractivity contribution is 8.38. The third-order valence-electron chi connectivity index (χ3n) is 3.63. The quantitative estimate of drug-likeness (QED) is 0.798. The highest BCUT2D eigenvalue weighted by Gasteiger charge is 2.15. The molecule has 0 saturated carbocycles. The van der Waals surface area contributed by atoms with Gasteiger partial charge in [0.15, 0.2) is 0 Å². The molecule has 1 atom stereocenters. The van der Waals surface area contributed by atoms with Crippen molar-refractivity contribution in [3.8, 4) is 0 Å². The zero-order chi connectivity index (χ0) is 16.9. The fourth-order valence-corrected chi connectivity index (χ4v) is 4.33. The fourth-order valence-electron chi connectivity index (χ4n) is 2.33. The summed E-state index contributed by atoms with van der Waals surface area (Å²) in [6.45, 7) is 1.97. The minimum absolute atomic E-state index is 0.00427. The predicted molar refractivity (Wildman–Crippen MR) is 105 cm³/mol. The van der Waals surface area contributed by atoms with Gasteiger partial charge in [-0.25, -0.2) is 4.99 Å². The molecule has 1 heterocycles. The van der Waals surface area contributed by atoms with E-state index in [9.17, 15) is 4.79 Å². The number of hydrogen-bond acceptors (Lipinski definition) is 4. The zero-order valence-corrected chi connectivity index (χ0v) is 15.5. The Kier molecular flexibility index (Phi) is 5.87. The molecule has 0 radical (unpaired) electrons. The number of halogens is 1.